The van der Waals surface area contributed by atoms with Crippen LogP contribution in [-0.2, 0) is 4.79 Å². The van der Waals surface area contributed by atoms with Crippen LogP contribution in [0.2, 0.25) is 0 Å². The minimum absolute atomic E-state index is 0.127. The largest absolute Gasteiger partial charge is 0.285 e. The third kappa shape index (κ3) is 1.10. The molecule has 0 saturated carbocycles. The Balaban J connectivity index is 3.15. The number of hydrogen-bond donors (Lipinski definition) is 0. The van der Waals surface area contributed by atoms with Gasteiger partial charge in [-0.15, -0.1) is 0 Å². The van der Waals surface area contributed by atoms with Gasteiger partial charge >= 0.3 is 0 Å². The van der Waals surface area contributed by atoms with E-state index in [9.17, 15) is 9.18 Å². The van der Waals surface area contributed by atoms with E-state index in [1.54, 1.807) is 0 Å². The van der Waals surface area contributed by atoms with E-state index < -0.39 is 5.95 Å². The predicted molar refractivity (Wildman–Crippen MR) is 29.0 cm³/mol. The van der Waals surface area contributed by atoms with Gasteiger partial charge in [-0.1, -0.05) is 0 Å². The molecule has 0 amide bonds. The molecule has 1 rings (SSSR count). The number of aromatic nitrogens is 1. The van der Waals surface area contributed by atoms with E-state index in [4.69, 9.17) is 0 Å². The van der Waals surface area contributed by atoms with Crippen molar-refractivity contribution >= 4 is 6.29 Å². The molecule has 0 aliphatic carbocycles. The third-order valence-electron chi connectivity index (χ3n) is 0.869. The molecule has 1 radical (unpaired) electrons. The molecule has 9 heavy (non-hydrogen) atoms. The summed E-state index contributed by atoms with van der Waals surface area (Å²) in [6.07, 6.45) is 2.68. The molecule has 0 aliphatic heterocycles. The van der Waals surface area contributed by atoms with Crippen LogP contribution in [0.5, 0.6) is 0 Å². The second-order valence-electron chi connectivity index (χ2n) is 1.44. The number of carbonyl (C=O) groups excluding carboxylic acids is 1. The molecule has 0 aromatic carbocycles. The van der Waals surface area contributed by atoms with Gasteiger partial charge in [-0.25, -0.2) is 4.98 Å². The summed E-state index contributed by atoms with van der Waals surface area (Å²) in [6.45, 7) is 0. The number of rotatable bonds is 1. The van der Waals surface area contributed by atoms with Crippen LogP contribution in [0, 0.1) is 5.95 Å². The fourth-order valence-electron chi connectivity index (χ4n) is 0.462. The monoisotopic (exact) mass is 124 g/mol. The average molecular weight is 124 g/mol. The van der Waals surface area contributed by atoms with Crippen LogP contribution in [0.15, 0.2) is 18.3 Å². The van der Waals surface area contributed by atoms with Crippen LogP contribution in [-0.4, -0.2) is 11.3 Å². The number of halogens is 1. The van der Waals surface area contributed by atoms with Crippen molar-refractivity contribution in [3.8, 4) is 0 Å². The molecule has 0 aliphatic rings. The Morgan fingerprint density at radius 3 is 2.89 bits per heavy atom. The van der Waals surface area contributed by atoms with Crippen molar-refractivity contribution in [2.75, 3.05) is 0 Å². The second kappa shape index (κ2) is 2.35. The molecule has 1 aromatic rings. The van der Waals surface area contributed by atoms with Gasteiger partial charge in [0.05, 0.1) is 5.56 Å². The minimum atomic E-state index is -0.771. The summed E-state index contributed by atoms with van der Waals surface area (Å²) in [4.78, 5) is 13.0. The first kappa shape index (κ1) is 5.88. The summed E-state index contributed by atoms with van der Waals surface area (Å²) in [5.41, 5.74) is -0.127. The first-order chi connectivity index (χ1) is 4.34. The van der Waals surface area contributed by atoms with Gasteiger partial charge < -0.3 is 0 Å². The molecule has 1 heterocycles. The van der Waals surface area contributed by atoms with Crippen LogP contribution in [0.1, 0.15) is 5.56 Å². The minimum Gasteiger partial charge on any atom is -0.285 e. The number of pyridine rings is 1. The van der Waals surface area contributed by atoms with Crippen LogP contribution in [0.25, 0.3) is 0 Å². The quantitative estimate of drug-likeness (QED) is 0.515. The molecule has 1 aromatic heterocycles. The van der Waals surface area contributed by atoms with Gasteiger partial charge in [-0.3, -0.25) is 4.79 Å². The zero-order valence-corrected chi connectivity index (χ0v) is 4.47. The summed E-state index contributed by atoms with van der Waals surface area (Å²) >= 11 is 0. The van der Waals surface area contributed by atoms with Crippen LogP contribution in [0.4, 0.5) is 4.39 Å². The van der Waals surface area contributed by atoms with Gasteiger partial charge in [-0.2, -0.15) is 4.39 Å². The van der Waals surface area contributed by atoms with Crippen LogP contribution < -0.4 is 0 Å². The lowest BCUT2D eigenvalue weighted by molar-refractivity contribution is 0.548. The lowest BCUT2D eigenvalue weighted by Gasteiger charge is -1.86. The predicted octanol–water partition coefficient (Wildman–Crippen LogP) is 0.678. The SMILES string of the molecule is O=[C]c1cccnc1F. The van der Waals surface area contributed by atoms with Crippen LogP contribution in [0.3, 0.4) is 0 Å². The Morgan fingerprint density at radius 1 is 1.67 bits per heavy atom. The summed E-state index contributed by atoms with van der Waals surface area (Å²) in [5.74, 6) is -0.771. The highest BCUT2D eigenvalue weighted by molar-refractivity contribution is 5.74. The van der Waals surface area contributed by atoms with E-state index in [-0.39, 0.29) is 5.56 Å². The normalized spacial score (nSPS) is 9.00. The molecule has 45 valence electrons. The smallest absolute Gasteiger partial charge is 0.238 e. The maximum absolute atomic E-state index is 12.2. The maximum atomic E-state index is 12.2. The fraction of sp³-hybridized carbons (Fsp3) is 0. The van der Waals surface area contributed by atoms with Gasteiger partial charge in [0.25, 0.3) is 0 Å². The summed E-state index contributed by atoms with van der Waals surface area (Å²) in [5, 5.41) is 0. The van der Waals surface area contributed by atoms with Gasteiger partial charge in [0.2, 0.25) is 12.2 Å². The molecule has 0 N–H and O–H groups in total. The third-order valence-corrected chi connectivity index (χ3v) is 0.869. The molecule has 3 heteroatoms. The van der Waals surface area contributed by atoms with Gasteiger partial charge in [0.15, 0.2) is 0 Å². The zero-order valence-electron chi connectivity index (χ0n) is 4.47. The molecule has 0 spiro atoms. The van der Waals surface area contributed by atoms with Crippen molar-refractivity contribution in [3.63, 3.8) is 0 Å². The molecular formula is C6H3FNO. The van der Waals surface area contributed by atoms with E-state index >= 15 is 0 Å². The van der Waals surface area contributed by atoms with E-state index in [1.807, 2.05) is 0 Å². The Kier molecular flexibility index (Phi) is 1.53. The molecule has 2 nitrogen and oxygen atoms in total. The van der Waals surface area contributed by atoms with Crippen molar-refractivity contribution in [3.05, 3.63) is 29.8 Å². The highest BCUT2D eigenvalue weighted by atomic mass is 19.1. The van der Waals surface area contributed by atoms with Gasteiger partial charge in [0, 0.05) is 6.20 Å². The Hall–Kier alpha value is -1.25. The zero-order chi connectivity index (χ0) is 6.69. The molecular weight excluding hydrogens is 121 g/mol. The first-order valence-corrected chi connectivity index (χ1v) is 2.33. The van der Waals surface area contributed by atoms with Crippen molar-refractivity contribution in [2.45, 2.75) is 0 Å². The average Bonchev–Trinajstić information content (AvgIpc) is 1.89. The van der Waals surface area contributed by atoms with Crippen molar-refractivity contribution < 1.29 is 9.18 Å². The lowest BCUT2D eigenvalue weighted by Crippen LogP contribution is -1.89. The Morgan fingerprint density at radius 2 is 2.44 bits per heavy atom. The summed E-state index contributed by atoms with van der Waals surface area (Å²) < 4.78 is 12.2. The lowest BCUT2D eigenvalue weighted by atomic mass is 10.3. The molecule has 0 bridgehead atoms. The highest BCUT2D eigenvalue weighted by Gasteiger charge is 1.97. The van der Waals surface area contributed by atoms with Crippen molar-refractivity contribution in [1.29, 1.82) is 0 Å². The van der Waals surface area contributed by atoms with E-state index in [0.29, 0.717) is 0 Å². The summed E-state index contributed by atoms with van der Waals surface area (Å²) in [6, 6.07) is 2.79. The maximum Gasteiger partial charge on any atom is 0.238 e. The van der Waals surface area contributed by atoms with Gasteiger partial charge in [-0.05, 0) is 12.1 Å². The standard InChI is InChI=1S/C6H3FNO/c7-6-5(4-9)2-1-3-8-6/h1-3H. The van der Waals surface area contributed by atoms with E-state index in [1.165, 1.54) is 24.6 Å². The first-order valence-electron chi connectivity index (χ1n) is 2.33. The molecule has 0 atom stereocenters. The number of hydrogen-bond acceptors (Lipinski definition) is 2. The highest BCUT2D eigenvalue weighted by Crippen LogP contribution is 1.97. The number of nitrogens with zero attached hydrogens (tertiary/aromatic N) is 1. The topological polar surface area (TPSA) is 30.0 Å². The molecule has 0 unspecified atom stereocenters. The Bertz CT molecular complexity index is 224. The van der Waals surface area contributed by atoms with E-state index in [0.717, 1.165) is 0 Å². The fourth-order valence-corrected chi connectivity index (χ4v) is 0.462. The molecule has 0 fully saturated rings. The van der Waals surface area contributed by atoms with E-state index in [2.05, 4.69) is 4.98 Å². The van der Waals surface area contributed by atoms with Crippen molar-refractivity contribution in [2.24, 2.45) is 0 Å². The Labute approximate surface area is 51.3 Å². The van der Waals surface area contributed by atoms with Crippen LogP contribution >= 0.6 is 0 Å². The molecule has 0 saturated heterocycles. The van der Waals surface area contributed by atoms with Crippen molar-refractivity contribution in [1.82, 2.24) is 4.98 Å². The van der Waals surface area contributed by atoms with Gasteiger partial charge in [0.1, 0.15) is 0 Å². The summed E-state index contributed by atoms with van der Waals surface area (Å²) in [7, 11) is 0. The second-order valence-corrected chi connectivity index (χ2v) is 1.44.